The van der Waals surface area contributed by atoms with Gasteiger partial charge in [0.05, 0.1) is 10.7 Å². The second kappa shape index (κ2) is 4.85. The van der Waals surface area contributed by atoms with Crippen molar-refractivity contribution in [3.63, 3.8) is 0 Å². The highest BCUT2D eigenvalue weighted by Crippen LogP contribution is 2.46. The molecule has 110 valence electrons. The van der Waals surface area contributed by atoms with Crippen molar-refractivity contribution in [2.45, 2.75) is 12.8 Å². The van der Waals surface area contributed by atoms with E-state index in [0.29, 0.717) is 6.54 Å². The Kier molecular flexibility index (Phi) is 3.50. The van der Waals surface area contributed by atoms with Crippen molar-refractivity contribution in [2.24, 2.45) is 5.41 Å². The largest absolute Gasteiger partial charge is 0.378 e. The molecule has 0 bridgehead atoms. The maximum absolute atomic E-state index is 11.3. The molecule has 0 unspecified atom stereocenters. The standard InChI is InChI=1S/C10H15N5O4S/c1-20(18,19)6-10(2-3-10)5-13-9-12-4-7(15(16)17)8(11)14-9/h4H,2-3,5-6H2,1H3,(H3,11,12,13,14). The van der Waals surface area contributed by atoms with Gasteiger partial charge in [0.15, 0.2) is 0 Å². The van der Waals surface area contributed by atoms with Crippen LogP contribution in [-0.2, 0) is 9.84 Å². The third kappa shape index (κ3) is 3.53. The van der Waals surface area contributed by atoms with Gasteiger partial charge < -0.3 is 11.1 Å². The van der Waals surface area contributed by atoms with Crippen LogP contribution in [0.2, 0.25) is 0 Å². The highest BCUT2D eigenvalue weighted by atomic mass is 32.2. The number of nitro groups is 1. The molecule has 0 radical (unpaired) electrons. The molecule has 0 saturated heterocycles. The van der Waals surface area contributed by atoms with Crippen LogP contribution in [0, 0.1) is 15.5 Å². The third-order valence-corrected chi connectivity index (χ3v) is 4.28. The number of nitrogen functional groups attached to an aromatic ring is 1. The molecule has 0 aromatic carbocycles. The second-order valence-corrected chi connectivity index (χ2v) is 7.29. The zero-order valence-electron chi connectivity index (χ0n) is 10.9. The minimum Gasteiger partial charge on any atom is -0.378 e. The molecule has 1 aliphatic carbocycles. The first-order chi connectivity index (χ1) is 9.21. The van der Waals surface area contributed by atoms with E-state index in [-0.39, 0.29) is 28.6 Å². The quantitative estimate of drug-likeness (QED) is 0.560. The van der Waals surface area contributed by atoms with Gasteiger partial charge in [-0.1, -0.05) is 0 Å². The average Bonchev–Trinajstić information content (AvgIpc) is 3.04. The van der Waals surface area contributed by atoms with E-state index in [9.17, 15) is 18.5 Å². The van der Waals surface area contributed by atoms with Crippen LogP contribution < -0.4 is 11.1 Å². The monoisotopic (exact) mass is 301 g/mol. The number of nitrogens with two attached hydrogens (primary N) is 1. The topological polar surface area (TPSA) is 141 Å². The van der Waals surface area contributed by atoms with E-state index in [1.54, 1.807) is 0 Å². The van der Waals surface area contributed by atoms with Gasteiger partial charge in [-0.15, -0.1) is 0 Å². The molecule has 0 amide bonds. The van der Waals surface area contributed by atoms with Gasteiger partial charge >= 0.3 is 5.69 Å². The van der Waals surface area contributed by atoms with Crippen molar-refractivity contribution in [1.82, 2.24) is 9.97 Å². The van der Waals surface area contributed by atoms with Crippen molar-refractivity contribution in [2.75, 3.05) is 29.6 Å². The molecule has 0 atom stereocenters. The maximum atomic E-state index is 11.3. The number of hydrogen-bond donors (Lipinski definition) is 2. The Labute approximate surface area is 115 Å². The first kappa shape index (κ1) is 14.4. The predicted octanol–water partition coefficient (Wildman–Crippen LogP) is 0.204. The summed E-state index contributed by atoms with van der Waals surface area (Å²) in [4.78, 5) is 17.5. The lowest BCUT2D eigenvalue weighted by Crippen LogP contribution is -2.24. The summed E-state index contributed by atoms with van der Waals surface area (Å²) >= 11 is 0. The molecule has 2 rings (SSSR count). The Morgan fingerprint density at radius 1 is 1.55 bits per heavy atom. The van der Waals surface area contributed by atoms with E-state index in [1.807, 2.05) is 0 Å². The van der Waals surface area contributed by atoms with Gasteiger partial charge in [-0.05, 0) is 12.8 Å². The Morgan fingerprint density at radius 2 is 2.20 bits per heavy atom. The van der Waals surface area contributed by atoms with Gasteiger partial charge in [-0.2, -0.15) is 4.98 Å². The van der Waals surface area contributed by atoms with Crippen molar-refractivity contribution < 1.29 is 13.3 Å². The number of hydrogen-bond acceptors (Lipinski definition) is 8. The van der Waals surface area contributed by atoms with Gasteiger partial charge in [-0.3, -0.25) is 10.1 Å². The maximum Gasteiger partial charge on any atom is 0.329 e. The summed E-state index contributed by atoms with van der Waals surface area (Å²) in [6.45, 7) is 0.400. The SMILES string of the molecule is CS(=O)(=O)CC1(CNc2ncc([N+](=O)[O-])c(N)n2)CC1. The lowest BCUT2D eigenvalue weighted by Gasteiger charge is -2.14. The van der Waals surface area contributed by atoms with E-state index < -0.39 is 14.8 Å². The molecule has 10 heteroatoms. The Bertz CT molecular complexity index is 641. The Hall–Kier alpha value is -1.97. The van der Waals surface area contributed by atoms with Gasteiger partial charge in [0.1, 0.15) is 16.0 Å². The van der Waals surface area contributed by atoms with E-state index in [0.717, 1.165) is 19.0 Å². The summed E-state index contributed by atoms with van der Waals surface area (Å²) in [6, 6.07) is 0. The number of rotatable bonds is 6. The van der Waals surface area contributed by atoms with Crippen LogP contribution in [0.15, 0.2) is 6.20 Å². The molecule has 1 fully saturated rings. The highest BCUT2D eigenvalue weighted by Gasteiger charge is 2.45. The minimum absolute atomic E-state index is 0.107. The van der Waals surface area contributed by atoms with Gasteiger partial charge in [0, 0.05) is 18.2 Å². The number of anilines is 2. The normalized spacial score (nSPS) is 16.6. The highest BCUT2D eigenvalue weighted by molar-refractivity contribution is 7.90. The smallest absolute Gasteiger partial charge is 0.329 e. The fraction of sp³-hybridized carbons (Fsp3) is 0.600. The van der Waals surface area contributed by atoms with Crippen LogP contribution >= 0.6 is 0 Å². The fourth-order valence-electron chi connectivity index (χ4n) is 1.99. The van der Waals surface area contributed by atoms with Crippen molar-refractivity contribution in [3.8, 4) is 0 Å². The van der Waals surface area contributed by atoms with Crippen molar-refractivity contribution in [3.05, 3.63) is 16.3 Å². The molecular weight excluding hydrogens is 286 g/mol. The molecule has 9 nitrogen and oxygen atoms in total. The fourth-order valence-corrected chi connectivity index (χ4v) is 3.49. The first-order valence-electron chi connectivity index (χ1n) is 5.89. The third-order valence-electron chi connectivity index (χ3n) is 3.14. The lowest BCUT2D eigenvalue weighted by atomic mass is 10.1. The van der Waals surface area contributed by atoms with Crippen LogP contribution in [-0.4, -0.2) is 41.9 Å². The Balaban J connectivity index is 2.02. The molecule has 1 heterocycles. The molecule has 1 aromatic heterocycles. The summed E-state index contributed by atoms with van der Waals surface area (Å²) in [6.07, 6.45) is 3.86. The van der Waals surface area contributed by atoms with E-state index in [2.05, 4.69) is 15.3 Å². The zero-order valence-corrected chi connectivity index (χ0v) is 11.7. The summed E-state index contributed by atoms with van der Waals surface area (Å²) in [5.41, 5.74) is 4.81. The van der Waals surface area contributed by atoms with Gasteiger partial charge in [-0.25, -0.2) is 13.4 Å². The van der Waals surface area contributed by atoms with Gasteiger partial charge in [0.25, 0.3) is 0 Å². The molecule has 1 aliphatic rings. The molecule has 20 heavy (non-hydrogen) atoms. The lowest BCUT2D eigenvalue weighted by molar-refractivity contribution is -0.384. The van der Waals surface area contributed by atoms with Crippen LogP contribution in [0.5, 0.6) is 0 Å². The molecule has 3 N–H and O–H groups in total. The average molecular weight is 301 g/mol. The summed E-state index contributed by atoms with van der Waals surface area (Å²) in [7, 11) is -3.04. The molecule has 0 aliphatic heterocycles. The number of sulfone groups is 1. The zero-order chi connectivity index (χ0) is 15.0. The molecular formula is C10H15N5O4S. The van der Waals surface area contributed by atoms with Crippen molar-refractivity contribution in [1.29, 1.82) is 0 Å². The minimum atomic E-state index is -3.04. The molecule has 1 aromatic rings. The summed E-state index contributed by atoms with van der Waals surface area (Å²) in [5, 5.41) is 13.5. The van der Waals surface area contributed by atoms with Gasteiger partial charge in [0.2, 0.25) is 11.8 Å². The van der Waals surface area contributed by atoms with E-state index in [1.165, 1.54) is 6.26 Å². The van der Waals surface area contributed by atoms with E-state index in [4.69, 9.17) is 5.73 Å². The Morgan fingerprint density at radius 3 is 2.65 bits per heavy atom. The van der Waals surface area contributed by atoms with Crippen LogP contribution in [0.1, 0.15) is 12.8 Å². The number of nitrogens with one attached hydrogen (secondary N) is 1. The molecule has 0 spiro atoms. The van der Waals surface area contributed by atoms with Crippen LogP contribution in [0.4, 0.5) is 17.5 Å². The van der Waals surface area contributed by atoms with Crippen LogP contribution in [0.3, 0.4) is 0 Å². The first-order valence-corrected chi connectivity index (χ1v) is 7.95. The predicted molar refractivity (Wildman–Crippen MR) is 73.0 cm³/mol. The van der Waals surface area contributed by atoms with Crippen molar-refractivity contribution >= 4 is 27.3 Å². The summed E-state index contributed by atoms with van der Waals surface area (Å²) < 4.78 is 22.6. The van der Waals surface area contributed by atoms with E-state index >= 15 is 0 Å². The number of aromatic nitrogens is 2. The molecule has 1 saturated carbocycles. The number of nitrogens with zero attached hydrogens (tertiary/aromatic N) is 3. The second-order valence-electron chi connectivity index (χ2n) is 5.14. The van der Waals surface area contributed by atoms with Crippen LogP contribution in [0.25, 0.3) is 0 Å². The summed E-state index contributed by atoms with van der Waals surface area (Å²) in [5.74, 6) is 0.0449.